The third kappa shape index (κ3) is 3.29. The van der Waals surface area contributed by atoms with Crippen LogP contribution in [0.2, 0.25) is 10.0 Å². The zero-order chi connectivity index (χ0) is 12.4. The van der Waals surface area contributed by atoms with Gasteiger partial charge in [-0.05, 0) is 19.1 Å². The quantitative estimate of drug-likeness (QED) is 0.865. The van der Waals surface area contributed by atoms with Crippen molar-refractivity contribution in [2.24, 2.45) is 0 Å². The highest BCUT2D eigenvalue weighted by Crippen LogP contribution is 2.26. The van der Waals surface area contributed by atoms with E-state index < -0.39 is 0 Å². The third-order valence-electron chi connectivity index (χ3n) is 2.84. The minimum atomic E-state index is -0.0501. The van der Waals surface area contributed by atoms with Gasteiger partial charge in [0.2, 0.25) is 0 Å². The summed E-state index contributed by atoms with van der Waals surface area (Å²) in [5, 5.41) is 4.05. The zero-order valence-corrected chi connectivity index (χ0v) is 12.3. The molecule has 0 aliphatic carbocycles. The van der Waals surface area contributed by atoms with Crippen molar-refractivity contribution in [2.75, 3.05) is 19.6 Å². The van der Waals surface area contributed by atoms with Gasteiger partial charge in [-0.1, -0.05) is 29.3 Å². The fraction of sp³-hybridized carbons (Fsp3) is 0.417. The fourth-order valence-electron chi connectivity index (χ4n) is 1.96. The number of amides is 1. The van der Waals surface area contributed by atoms with Crippen molar-refractivity contribution in [3.8, 4) is 0 Å². The molecular weight excluding hydrogens is 295 g/mol. The molecule has 18 heavy (non-hydrogen) atoms. The molecule has 0 bridgehead atoms. The summed E-state index contributed by atoms with van der Waals surface area (Å²) in [4.78, 5) is 14.1. The van der Waals surface area contributed by atoms with E-state index in [0.717, 1.165) is 6.54 Å². The molecule has 0 saturated carbocycles. The van der Waals surface area contributed by atoms with Crippen LogP contribution < -0.4 is 5.32 Å². The summed E-state index contributed by atoms with van der Waals surface area (Å²) in [5.74, 6) is -0.0501. The molecule has 1 heterocycles. The average molecular weight is 310 g/mol. The Balaban J connectivity index is 0.00000162. The zero-order valence-electron chi connectivity index (χ0n) is 9.95. The predicted molar refractivity (Wildman–Crippen MR) is 77.1 cm³/mol. The lowest BCUT2D eigenvalue weighted by Gasteiger charge is -2.32. The molecule has 0 spiro atoms. The second-order valence-corrected chi connectivity index (χ2v) is 4.99. The van der Waals surface area contributed by atoms with E-state index in [0.29, 0.717) is 34.7 Å². The molecule has 1 fully saturated rings. The molecule has 3 nitrogen and oxygen atoms in total. The summed E-state index contributed by atoms with van der Waals surface area (Å²) in [6, 6.07) is 5.45. The maximum absolute atomic E-state index is 12.3. The second-order valence-electron chi connectivity index (χ2n) is 4.21. The summed E-state index contributed by atoms with van der Waals surface area (Å²) in [5.41, 5.74) is 0.480. The van der Waals surface area contributed by atoms with Gasteiger partial charge < -0.3 is 10.2 Å². The van der Waals surface area contributed by atoms with Crippen molar-refractivity contribution in [3.63, 3.8) is 0 Å². The van der Waals surface area contributed by atoms with E-state index in [1.807, 2.05) is 0 Å². The number of nitrogens with one attached hydrogen (secondary N) is 1. The molecule has 2 rings (SSSR count). The second kappa shape index (κ2) is 6.62. The highest BCUT2D eigenvalue weighted by molar-refractivity contribution is 6.43. The van der Waals surface area contributed by atoms with Gasteiger partial charge in [0, 0.05) is 25.7 Å². The lowest BCUT2D eigenvalue weighted by Crippen LogP contribution is -2.51. The van der Waals surface area contributed by atoms with Crippen molar-refractivity contribution < 1.29 is 4.79 Å². The predicted octanol–water partition coefficient (Wildman–Crippen LogP) is 2.85. The molecule has 1 aromatic carbocycles. The third-order valence-corrected chi connectivity index (χ3v) is 3.66. The first-order valence-electron chi connectivity index (χ1n) is 5.56. The Morgan fingerprint density at radius 2 is 2.17 bits per heavy atom. The van der Waals surface area contributed by atoms with Crippen LogP contribution >= 0.6 is 35.6 Å². The molecule has 1 atom stereocenters. The SMILES string of the molecule is CC1CN(C(=O)c2cccc(Cl)c2Cl)CCN1.Cl. The number of hydrogen-bond donors (Lipinski definition) is 1. The van der Waals surface area contributed by atoms with Crippen LogP contribution in [0.3, 0.4) is 0 Å². The highest BCUT2D eigenvalue weighted by atomic mass is 35.5. The first-order valence-corrected chi connectivity index (χ1v) is 6.32. The van der Waals surface area contributed by atoms with Crippen molar-refractivity contribution in [1.29, 1.82) is 0 Å². The van der Waals surface area contributed by atoms with Gasteiger partial charge in [-0.25, -0.2) is 0 Å². The van der Waals surface area contributed by atoms with Crippen LogP contribution in [0, 0.1) is 0 Å². The van der Waals surface area contributed by atoms with E-state index >= 15 is 0 Å². The Hall–Kier alpha value is -0.480. The number of halogens is 3. The summed E-state index contributed by atoms with van der Waals surface area (Å²) < 4.78 is 0. The van der Waals surface area contributed by atoms with Gasteiger partial charge in [-0.15, -0.1) is 12.4 Å². The van der Waals surface area contributed by atoms with Crippen molar-refractivity contribution in [1.82, 2.24) is 10.2 Å². The number of piperazine rings is 1. The molecule has 0 radical (unpaired) electrons. The molecule has 100 valence electrons. The van der Waals surface area contributed by atoms with E-state index in [2.05, 4.69) is 12.2 Å². The van der Waals surface area contributed by atoms with Crippen molar-refractivity contribution in [3.05, 3.63) is 33.8 Å². The van der Waals surface area contributed by atoms with Crippen LogP contribution in [-0.2, 0) is 0 Å². The maximum Gasteiger partial charge on any atom is 0.255 e. The van der Waals surface area contributed by atoms with Gasteiger partial charge in [0.1, 0.15) is 0 Å². The van der Waals surface area contributed by atoms with Crippen LogP contribution in [0.15, 0.2) is 18.2 Å². The van der Waals surface area contributed by atoms with Gasteiger partial charge >= 0.3 is 0 Å². The molecule has 1 aromatic rings. The molecule has 1 aliphatic rings. The number of nitrogens with zero attached hydrogens (tertiary/aromatic N) is 1. The standard InChI is InChI=1S/C12H14Cl2N2O.ClH/c1-8-7-16(6-5-15-8)12(17)9-3-2-4-10(13)11(9)14;/h2-4,8,15H,5-7H2,1H3;1H. The highest BCUT2D eigenvalue weighted by Gasteiger charge is 2.23. The number of rotatable bonds is 1. The topological polar surface area (TPSA) is 32.3 Å². The van der Waals surface area contributed by atoms with Gasteiger partial charge in [-0.2, -0.15) is 0 Å². The Labute approximate surface area is 123 Å². The van der Waals surface area contributed by atoms with Crippen molar-refractivity contribution in [2.45, 2.75) is 13.0 Å². The smallest absolute Gasteiger partial charge is 0.255 e. The molecule has 1 unspecified atom stereocenters. The molecule has 1 N–H and O–H groups in total. The maximum atomic E-state index is 12.3. The van der Waals surface area contributed by atoms with E-state index in [-0.39, 0.29) is 18.3 Å². The normalized spacial score (nSPS) is 19.3. The summed E-state index contributed by atoms with van der Waals surface area (Å²) in [7, 11) is 0. The molecule has 6 heteroatoms. The van der Waals surface area contributed by atoms with E-state index in [1.165, 1.54) is 0 Å². The van der Waals surface area contributed by atoms with Crippen molar-refractivity contribution >= 4 is 41.5 Å². The summed E-state index contributed by atoms with van der Waals surface area (Å²) in [6.07, 6.45) is 0. The molecule has 1 saturated heterocycles. The minimum absolute atomic E-state index is 0. The minimum Gasteiger partial charge on any atom is -0.336 e. The Morgan fingerprint density at radius 1 is 1.44 bits per heavy atom. The van der Waals surface area contributed by atoms with Gasteiger partial charge in [-0.3, -0.25) is 4.79 Å². The van der Waals surface area contributed by atoms with E-state index in [4.69, 9.17) is 23.2 Å². The number of hydrogen-bond acceptors (Lipinski definition) is 2. The molecular formula is C12H15Cl3N2O. The number of carbonyl (C=O) groups excluding carboxylic acids is 1. The van der Waals surface area contributed by atoms with E-state index in [1.54, 1.807) is 23.1 Å². The van der Waals surface area contributed by atoms with Crippen LogP contribution in [0.1, 0.15) is 17.3 Å². The lowest BCUT2D eigenvalue weighted by atomic mass is 10.1. The molecule has 0 aromatic heterocycles. The van der Waals surface area contributed by atoms with Gasteiger partial charge in [0.15, 0.2) is 0 Å². The largest absolute Gasteiger partial charge is 0.336 e. The first-order chi connectivity index (χ1) is 8.09. The Bertz CT molecular complexity index is 439. The van der Waals surface area contributed by atoms with Crippen LogP contribution in [0.25, 0.3) is 0 Å². The fourth-order valence-corrected chi connectivity index (χ4v) is 2.34. The van der Waals surface area contributed by atoms with Crippen LogP contribution in [-0.4, -0.2) is 36.5 Å². The molecule has 1 amide bonds. The van der Waals surface area contributed by atoms with Crippen LogP contribution in [0.5, 0.6) is 0 Å². The van der Waals surface area contributed by atoms with Gasteiger partial charge in [0.05, 0.1) is 15.6 Å². The summed E-state index contributed by atoms with van der Waals surface area (Å²) >= 11 is 12.0. The average Bonchev–Trinajstić information content (AvgIpc) is 2.32. The number of carbonyl (C=O) groups is 1. The first kappa shape index (κ1) is 15.6. The van der Waals surface area contributed by atoms with E-state index in [9.17, 15) is 4.79 Å². The number of benzene rings is 1. The van der Waals surface area contributed by atoms with Crippen LogP contribution in [0.4, 0.5) is 0 Å². The Kier molecular flexibility index (Phi) is 5.73. The lowest BCUT2D eigenvalue weighted by molar-refractivity contribution is 0.0709. The Morgan fingerprint density at radius 3 is 2.83 bits per heavy atom. The summed E-state index contributed by atoms with van der Waals surface area (Å²) in [6.45, 7) is 4.26. The molecule has 1 aliphatic heterocycles. The monoisotopic (exact) mass is 308 g/mol. The van der Waals surface area contributed by atoms with Gasteiger partial charge in [0.25, 0.3) is 5.91 Å².